The molecule has 4 aromatic rings. The highest BCUT2D eigenvalue weighted by Crippen LogP contribution is 2.41. The maximum Gasteiger partial charge on any atom is 0.334 e. The molecule has 0 radical (unpaired) electrons. The van der Waals surface area contributed by atoms with E-state index in [0.29, 0.717) is 0 Å². The molecule has 3 nitrogen and oxygen atoms in total. The van der Waals surface area contributed by atoms with Crippen molar-refractivity contribution in [1.29, 1.82) is 0 Å². The molecule has 0 spiro atoms. The Kier molecular flexibility index (Phi) is 3.01. The lowest BCUT2D eigenvalue weighted by Crippen LogP contribution is -2.29. The number of carbonyl (C=O) groups excluding carboxylic acids is 1. The van der Waals surface area contributed by atoms with E-state index in [1.54, 1.807) is 0 Å². The second kappa shape index (κ2) is 5.35. The molecule has 0 saturated heterocycles. The lowest BCUT2D eigenvalue weighted by molar-refractivity contribution is 0.251. The number of para-hydroxylation sites is 2. The van der Waals surface area contributed by atoms with Crippen molar-refractivity contribution in [3.05, 3.63) is 102 Å². The Balaban J connectivity index is 1.78. The number of benzene rings is 3. The maximum absolute atomic E-state index is 13.3. The summed E-state index contributed by atoms with van der Waals surface area (Å²) in [5.41, 5.74) is 4.00. The van der Waals surface area contributed by atoms with E-state index >= 15 is 0 Å². The molecule has 0 aliphatic carbocycles. The highest BCUT2D eigenvalue weighted by molar-refractivity contribution is 6.05. The second-order valence-corrected chi connectivity index (χ2v) is 6.26. The summed E-state index contributed by atoms with van der Waals surface area (Å²) in [6.45, 7) is 0. The monoisotopic (exact) mass is 324 g/mol. The largest absolute Gasteiger partial charge is 0.334 e. The van der Waals surface area contributed by atoms with Crippen molar-refractivity contribution in [2.24, 2.45) is 0 Å². The minimum atomic E-state index is -0.122. The molecule has 1 unspecified atom stereocenters. The van der Waals surface area contributed by atoms with E-state index < -0.39 is 0 Å². The van der Waals surface area contributed by atoms with E-state index in [1.165, 1.54) is 0 Å². The second-order valence-electron chi connectivity index (χ2n) is 6.26. The Hall–Kier alpha value is -3.33. The van der Waals surface area contributed by atoms with Crippen molar-refractivity contribution in [1.82, 2.24) is 4.57 Å². The fraction of sp³-hybridized carbons (Fsp3) is 0.0455. The Morgan fingerprint density at radius 1 is 0.720 bits per heavy atom. The predicted molar refractivity (Wildman–Crippen MR) is 99.9 cm³/mol. The number of fused-ring (bicyclic) bond motifs is 3. The zero-order valence-electron chi connectivity index (χ0n) is 13.5. The van der Waals surface area contributed by atoms with Gasteiger partial charge < -0.3 is 0 Å². The Morgan fingerprint density at radius 3 is 2.12 bits per heavy atom. The standard InChI is InChI=1S/C22H16N2O/c25-22-23(18-12-5-2-6-13-18)21(16-9-3-1-4-10-16)20-15-17-11-7-8-14-19(17)24(20)22/h1-15,21H. The molecule has 25 heavy (non-hydrogen) atoms. The van der Waals surface area contributed by atoms with Gasteiger partial charge in [0.1, 0.15) is 6.04 Å². The number of rotatable bonds is 2. The highest BCUT2D eigenvalue weighted by atomic mass is 16.2. The normalized spacial score (nSPS) is 16.4. The first-order valence-corrected chi connectivity index (χ1v) is 8.38. The molecule has 1 amide bonds. The van der Waals surface area contributed by atoms with Crippen LogP contribution in [-0.2, 0) is 0 Å². The van der Waals surface area contributed by atoms with Gasteiger partial charge in [0.05, 0.1) is 11.2 Å². The third-order valence-electron chi connectivity index (χ3n) is 4.82. The fourth-order valence-corrected chi connectivity index (χ4v) is 3.74. The molecule has 0 saturated carbocycles. The van der Waals surface area contributed by atoms with Gasteiger partial charge in [-0.1, -0.05) is 66.7 Å². The number of hydrogen-bond acceptors (Lipinski definition) is 1. The summed E-state index contributed by atoms with van der Waals surface area (Å²) in [4.78, 5) is 15.2. The topological polar surface area (TPSA) is 25.2 Å². The van der Waals surface area contributed by atoms with Crippen LogP contribution in [0.4, 0.5) is 10.5 Å². The van der Waals surface area contributed by atoms with Gasteiger partial charge in [-0.05, 0) is 29.8 Å². The Bertz CT molecular complexity index is 1070. The summed E-state index contributed by atoms with van der Waals surface area (Å²) in [6, 6.07) is 30.2. The van der Waals surface area contributed by atoms with Gasteiger partial charge in [0, 0.05) is 11.1 Å². The first-order chi connectivity index (χ1) is 12.3. The van der Waals surface area contributed by atoms with Crippen LogP contribution in [0, 0.1) is 0 Å². The highest BCUT2D eigenvalue weighted by Gasteiger charge is 2.39. The number of nitrogens with zero attached hydrogens (tertiary/aromatic N) is 2. The van der Waals surface area contributed by atoms with E-state index in [0.717, 1.165) is 27.8 Å². The number of amides is 1. The van der Waals surface area contributed by atoms with Crippen molar-refractivity contribution in [3.8, 4) is 0 Å². The molecular weight excluding hydrogens is 308 g/mol. The molecule has 0 fully saturated rings. The minimum Gasteiger partial charge on any atom is -0.281 e. The molecule has 2 heterocycles. The molecule has 1 aliphatic rings. The van der Waals surface area contributed by atoms with Gasteiger partial charge in [-0.15, -0.1) is 0 Å². The molecule has 5 rings (SSSR count). The summed E-state index contributed by atoms with van der Waals surface area (Å²) >= 11 is 0. The van der Waals surface area contributed by atoms with Crippen molar-refractivity contribution in [2.45, 2.75) is 6.04 Å². The molecule has 120 valence electrons. The van der Waals surface area contributed by atoms with Crippen LogP contribution < -0.4 is 4.90 Å². The van der Waals surface area contributed by atoms with E-state index in [4.69, 9.17) is 0 Å². The van der Waals surface area contributed by atoms with Gasteiger partial charge in [0.15, 0.2) is 0 Å². The van der Waals surface area contributed by atoms with Crippen LogP contribution in [0.2, 0.25) is 0 Å². The van der Waals surface area contributed by atoms with Crippen LogP contribution in [-0.4, -0.2) is 10.6 Å². The van der Waals surface area contributed by atoms with Crippen LogP contribution in [0.5, 0.6) is 0 Å². The van der Waals surface area contributed by atoms with Crippen LogP contribution in [0.3, 0.4) is 0 Å². The van der Waals surface area contributed by atoms with E-state index in [1.807, 2.05) is 76.2 Å². The van der Waals surface area contributed by atoms with Crippen LogP contribution in [0.25, 0.3) is 10.9 Å². The molecule has 3 aromatic carbocycles. The van der Waals surface area contributed by atoms with Gasteiger partial charge in [-0.25, -0.2) is 4.79 Å². The summed E-state index contributed by atoms with van der Waals surface area (Å²) in [6.07, 6.45) is 0. The molecule has 0 bridgehead atoms. The lowest BCUT2D eigenvalue weighted by atomic mass is 10.0. The summed E-state index contributed by atoms with van der Waals surface area (Å²) in [5, 5.41) is 1.10. The molecule has 1 aromatic heterocycles. The quantitative estimate of drug-likeness (QED) is 0.496. The van der Waals surface area contributed by atoms with E-state index in [-0.39, 0.29) is 12.1 Å². The zero-order valence-corrected chi connectivity index (χ0v) is 13.5. The Labute approximate surface area is 145 Å². The van der Waals surface area contributed by atoms with Gasteiger partial charge in [-0.2, -0.15) is 0 Å². The average molecular weight is 324 g/mol. The van der Waals surface area contributed by atoms with E-state index in [2.05, 4.69) is 24.3 Å². The molecular formula is C22H16N2O. The molecule has 1 aliphatic heterocycles. The predicted octanol–water partition coefficient (Wildman–Crippen LogP) is 5.22. The number of hydrogen-bond donors (Lipinski definition) is 0. The number of aromatic nitrogens is 1. The smallest absolute Gasteiger partial charge is 0.281 e. The van der Waals surface area contributed by atoms with Gasteiger partial charge in [-0.3, -0.25) is 9.47 Å². The number of carbonyl (C=O) groups is 1. The van der Waals surface area contributed by atoms with Crippen molar-refractivity contribution < 1.29 is 4.79 Å². The van der Waals surface area contributed by atoms with Crippen molar-refractivity contribution >= 4 is 22.6 Å². The summed E-state index contributed by atoms with van der Waals surface area (Å²) < 4.78 is 1.85. The van der Waals surface area contributed by atoms with Gasteiger partial charge >= 0.3 is 6.03 Å². The first kappa shape index (κ1) is 14.1. The summed E-state index contributed by atoms with van der Waals surface area (Å²) in [5.74, 6) is 0. The van der Waals surface area contributed by atoms with Gasteiger partial charge in [0.25, 0.3) is 0 Å². The summed E-state index contributed by atoms with van der Waals surface area (Å²) in [7, 11) is 0. The number of anilines is 1. The maximum atomic E-state index is 13.3. The lowest BCUT2D eigenvalue weighted by Gasteiger charge is -2.24. The average Bonchev–Trinajstić information content (AvgIpc) is 3.18. The van der Waals surface area contributed by atoms with Crippen LogP contribution >= 0.6 is 0 Å². The van der Waals surface area contributed by atoms with E-state index in [9.17, 15) is 4.79 Å². The molecule has 0 N–H and O–H groups in total. The van der Waals surface area contributed by atoms with Crippen LogP contribution in [0.1, 0.15) is 17.3 Å². The van der Waals surface area contributed by atoms with Crippen LogP contribution in [0.15, 0.2) is 91.0 Å². The van der Waals surface area contributed by atoms with Crippen molar-refractivity contribution in [2.75, 3.05) is 4.90 Å². The fourth-order valence-electron chi connectivity index (χ4n) is 3.74. The SMILES string of the molecule is O=C1N(c2ccccc2)C(c2ccccc2)c2cc3ccccc3n21. The third kappa shape index (κ3) is 2.02. The third-order valence-corrected chi connectivity index (χ3v) is 4.82. The zero-order chi connectivity index (χ0) is 16.8. The Morgan fingerprint density at radius 2 is 1.36 bits per heavy atom. The van der Waals surface area contributed by atoms with Gasteiger partial charge in [0.2, 0.25) is 0 Å². The molecule has 3 heteroatoms. The van der Waals surface area contributed by atoms with Crippen molar-refractivity contribution in [3.63, 3.8) is 0 Å². The molecule has 1 atom stereocenters. The first-order valence-electron chi connectivity index (χ1n) is 8.38. The minimum absolute atomic E-state index is 0.00347.